The maximum Gasteiger partial charge on any atom is 0.373 e. The van der Waals surface area contributed by atoms with E-state index < -0.39 is 87.1 Å². The van der Waals surface area contributed by atoms with Gasteiger partial charge in [0.15, 0.2) is 0 Å². The number of carbonyl (C=O) groups excluding carboxylic acids is 3. The number of allylic oxidation sites excluding steroid dienone is 3. The molecule has 10 rings (SSSR count). The summed E-state index contributed by atoms with van der Waals surface area (Å²) in [6, 6.07) is 17.2. The number of hydrogen-bond acceptors (Lipinski definition) is 18. The van der Waals surface area contributed by atoms with Crippen molar-refractivity contribution in [2.75, 3.05) is 41.2 Å². The second-order valence-electron chi connectivity index (χ2n) is 15.6. The van der Waals surface area contributed by atoms with E-state index in [0.717, 1.165) is 0 Å². The molecule has 66 heavy (non-hydrogen) atoms. The number of nitro benzene ring substituents is 3. The molecule has 7 aliphatic rings. The molecule has 3 aromatic carbocycles. The van der Waals surface area contributed by atoms with Gasteiger partial charge in [0, 0.05) is 93.2 Å². The van der Waals surface area contributed by atoms with E-state index in [9.17, 15) is 44.7 Å². The number of esters is 3. The fourth-order valence-corrected chi connectivity index (χ4v) is 8.65. The average molecular weight is 916 g/mol. The maximum atomic E-state index is 13.8. The van der Waals surface area contributed by atoms with E-state index in [0.29, 0.717) is 16.7 Å². The summed E-state index contributed by atoms with van der Waals surface area (Å²) in [7, 11) is 4.09. The Morgan fingerprint density at radius 2 is 0.682 bits per heavy atom. The van der Waals surface area contributed by atoms with Crippen LogP contribution in [-0.2, 0) is 57.0 Å². The van der Waals surface area contributed by atoms with Crippen molar-refractivity contribution in [2.45, 2.75) is 55.9 Å². The number of non-ortho nitro benzene ring substituents is 3. The highest BCUT2D eigenvalue weighted by Gasteiger charge is 2.43. The van der Waals surface area contributed by atoms with Gasteiger partial charge in [-0.25, -0.2) is 14.4 Å². The van der Waals surface area contributed by atoms with Crippen LogP contribution in [0.15, 0.2) is 108 Å². The van der Waals surface area contributed by atoms with Gasteiger partial charge >= 0.3 is 17.9 Å². The number of methoxy groups -OCH3 is 3. The van der Waals surface area contributed by atoms with Gasteiger partial charge in [0.05, 0.1) is 34.6 Å². The first kappa shape index (κ1) is 46.8. The Bertz CT molecular complexity index is 2140. The van der Waals surface area contributed by atoms with Gasteiger partial charge < -0.3 is 42.6 Å². The number of hydrogen-bond donors (Lipinski definition) is 0. The predicted octanol–water partition coefficient (Wildman–Crippen LogP) is 6.38. The van der Waals surface area contributed by atoms with Gasteiger partial charge in [-0.1, -0.05) is 36.4 Å². The summed E-state index contributed by atoms with van der Waals surface area (Å²) in [5.74, 6) is -7.13. The number of carbonyl (C=O) groups is 3. The van der Waals surface area contributed by atoms with Crippen molar-refractivity contribution < 1.29 is 71.8 Å². The molecule has 0 spiro atoms. The van der Waals surface area contributed by atoms with Crippen LogP contribution < -0.4 is 0 Å². The summed E-state index contributed by atoms with van der Waals surface area (Å²) in [5, 5.41) is 34.5. The van der Waals surface area contributed by atoms with Crippen LogP contribution in [0.1, 0.15) is 53.7 Å². The van der Waals surface area contributed by atoms with Crippen molar-refractivity contribution in [1.82, 2.24) is 0 Å². The van der Waals surface area contributed by atoms with E-state index in [-0.39, 0.29) is 73.4 Å². The number of ether oxygens (including phenoxy) is 9. The minimum absolute atomic E-state index is 0.102. The smallest absolute Gasteiger partial charge is 0.373 e. The Morgan fingerprint density at radius 3 is 0.894 bits per heavy atom. The summed E-state index contributed by atoms with van der Waals surface area (Å²) in [5.41, 5.74) is 1.19. The summed E-state index contributed by atoms with van der Waals surface area (Å²) in [6.45, 7) is -0.626. The minimum atomic E-state index is -1.10. The molecule has 0 aromatic heterocycles. The van der Waals surface area contributed by atoms with Crippen molar-refractivity contribution in [3.8, 4) is 0 Å². The van der Waals surface area contributed by atoms with Gasteiger partial charge in [-0.05, 0) is 54.2 Å². The zero-order chi connectivity index (χ0) is 47.1. The summed E-state index contributed by atoms with van der Waals surface area (Å²) in [4.78, 5) is 74.2. The minimum Gasteiger partial charge on any atom is -0.460 e. The summed E-state index contributed by atoms with van der Waals surface area (Å²) >= 11 is 0. The Morgan fingerprint density at radius 1 is 0.439 bits per heavy atom. The van der Waals surface area contributed by atoms with Crippen LogP contribution in [0.2, 0.25) is 0 Å². The van der Waals surface area contributed by atoms with Crippen molar-refractivity contribution >= 4 is 35.0 Å². The molecular formula is C45H45N3O18. The van der Waals surface area contributed by atoms with Crippen LogP contribution in [0.5, 0.6) is 0 Å². The molecule has 0 saturated carbocycles. The van der Waals surface area contributed by atoms with Crippen molar-refractivity contribution in [1.29, 1.82) is 0 Å². The van der Waals surface area contributed by atoms with Crippen LogP contribution in [0.25, 0.3) is 0 Å². The highest BCUT2D eigenvalue weighted by Crippen LogP contribution is 2.43. The highest BCUT2D eigenvalue weighted by atomic mass is 16.7. The molecule has 9 atom stereocenters. The molecule has 0 radical (unpaired) electrons. The molecular weight excluding hydrogens is 870 g/mol. The Hall–Kier alpha value is -7.23. The Labute approximate surface area is 376 Å². The first-order chi connectivity index (χ1) is 31.8. The molecule has 348 valence electrons. The topological polar surface area (TPSA) is 264 Å². The normalized spacial score (nSPS) is 27.2. The molecule has 0 fully saturated rings. The molecule has 0 amide bonds. The maximum absolute atomic E-state index is 13.8. The lowest BCUT2D eigenvalue weighted by Gasteiger charge is -2.37. The summed E-state index contributed by atoms with van der Waals surface area (Å²) in [6.07, 6.45) is 1.54. The SMILES string of the molecule is COC1OC2=CC(c3ccc([N+](=O)[O-])cc3)C1CCOC(=O)C1=CC(c3ccc([N+](=O)[O-])cc3)C(CCOC(=O)C3=CC(c4ccc([N+](=O)[O-])cc4)C(CCOC2=O)C(OC)O3)C(OC)O1. The van der Waals surface area contributed by atoms with Crippen LogP contribution in [0.3, 0.4) is 0 Å². The van der Waals surface area contributed by atoms with E-state index in [1.165, 1.54) is 76.0 Å². The van der Waals surface area contributed by atoms with Crippen LogP contribution in [0, 0.1) is 48.1 Å². The van der Waals surface area contributed by atoms with Crippen LogP contribution >= 0.6 is 0 Å². The van der Waals surface area contributed by atoms with E-state index in [1.807, 2.05) is 0 Å². The van der Waals surface area contributed by atoms with Gasteiger partial charge in [-0.15, -0.1) is 0 Å². The van der Waals surface area contributed by atoms with E-state index >= 15 is 0 Å². The molecule has 0 aliphatic carbocycles. The monoisotopic (exact) mass is 915 g/mol. The highest BCUT2D eigenvalue weighted by molar-refractivity contribution is 5.88. The number of benzene rings is 3. The molecule has 3 aromatic rings. The number of nitrogens with zero attached hydrogens (tertiary/aromatic N) is 3. The number of rotatable bonds is 9. The third-order valence-corrected chi connectivity index (χ3v) is 12.0. The van der Waals surface area contributed by atoms with Crippen LogP contribution in [0.4, 0.5) is 17.1 Å². The molecule has 0 saturated heterocycles. The number of nitro groups is 3. The lowest BCUT2D eigenvalue weighted by Crippen LogP contribution is -2.39. The van der Waals surface area contributed by atoms with Gasteiger partial charge in [0.2, 0.25) is 36.1 Å². The molecule has 7 aliphatic heterocycles. The molecule has 0 N–H and O–H groups in total. The standard InChI is InChI=1S/C45H45N3O18/c1-58-43-31-16-19-61-41(50)38-23-35(26-6-12-29(13-7-26)47(54)55)33(45(60-3)65-38)18-21-63-42(51)39-24-36(27-8-14-30(15-9-27)48(56)57)32(44(59-2)66-39)17-20-62-40(49)37(64-43)22-34(31)25-4-10-28(11-5-25)46(52)53/h4-15,22-24,31-36,43-45H,16-21H2,1-3H3. The van der Waals surface area contributed by atoms with Gasteiger partial charge in [0.25, 0.3) is 17.1 Å². The first-order valence-electron chi connectivity index (χ1n) is 20.8. The van der Waals surface area contributed by atoms with Gasteiger partial charge in [-0.3, -0.25) is 30.3 Å². The largest absolute Gasteiger partial charge is 0.460 e. The average Bonchev–Trinajstić information content (AvgIpc) is 3.33. The third kappa shape index (κ3) is 10.3. The molecule has 9 unspecified atom stereocenters. The van der Waals surface area contributed by atoms with Gasteiger partial charge in [-0.2, -0.15) is 0 Å². The molecule has 21 nitrogen and oxygen atoms in total. The van der Waals surface area contributed by atoms with E-state index in [2.05, 4.69) is 0 Å². The van der Waals surface area contributed by atoms with Crippen molar-refractivity contribution in [3.63, 3.8) is 0 Å². The van der Waals surface area contributed by atoms with Crippen LogP contribution in [-0.4, -0.2) is 92.7 Å². The Balaban J connectivity index is 1.28. The second-order valence-corrected chi connectivity index (χ2v) is 15.6. The van der Waals surface area contributed by atoms with E-state index in [1.54, 1.807) is 36.4 Å². The lowest BCUT2D eigenvalue weighted by molar-refractivity contribution is -0.385. The second kappa shape index (κ2) is 20.7. The zero-order valence-corrected chi connectivity index (χ0v) is 35.8. The van der Waals surface area contributed by atoms with Crippen molar-refractivity contribution in [2.24, 2.45) is 17.8 Å². The quantitative estimate of drug-likeness (QED) is 0.0974. The number of fused-ring (bicyclic) bond motifs is 2. The molecule has 6 bridgehead atoms. The van der Waals surface area contributed by atoms with Crippen molar-refractivity contribution in [3.05, 3.63) is 155 Å². The van der Waals surface area contributed by atoms with E-state index in [4.69, 9.17) is 42.6 Å². The lowest BCUT2D eigenvalue weighted by atomic mass is 9.81. The fraction of sp³-hybridized carbons (Fsp3) is 0.400. The first-order valence-corrected chi connectivity index (χ1v) is 20.8. The molecule has 21 heteroatoms. The fourth-order valence-electron chi connectivity index (χ4n) is 8.65. The molecule has 7 heterocycles. The Kier molecular flexibility index (Phi) is 14.7. The summed E-state index contributed by atoms with van der Waals surface area (Å²) < 4.78 is 52.5. The third-order valence-electron chi connectivity index (χ3n) is 12.0. The predicted molar refractivity (Wildman–Crippen MR) is 225 cm³/mol. The zero-order valence-electron chi connectivity index (χ0n) is 35.8. The van der Waals surface area contributed by atoms with Gasteiger partial charge in [0.1, 0.15) is 0 Å².